The van der Waals surface area contributed by atoms with Crippen molar-refractivity contribution >= 4 is 17.2 Å². The minimum atomic E-state index is -2.10. The predicted octanol–water partition coefficient (Wildman–Crippen LogP) is 2.93. The topological polar surface area (TPSA) is 72.9 Å². The summed E-state index contributed by atoms with van der Waals surface area (Å²) in [7, 11) is 0. The molecule has 164 valence electrons. The SMILES string of the molecule is CC[C@H]1CN(C(C)c2cc(F)cc(F)c2)CCN1C(=O)C1=CCC(NS(=O)O)C=C1. The first-order valence-electron chi connectivity index (χ1n) is 10.0. The van der Waals surface area contributed by atoms with Crippen LogP contribution >= 0.6 is 0 Å². The monoisotopic (exact) mass is 439 g/mol. The van der Waals surface area contributed by atoms with Crippen molar-refractivity contribution in [3.8, 4) is 0 Å². The van der Waals surface area contributed by atoms with Crippen LogP contribution in [0.3, 0.4) is 0 Å². The molecule has 1 saturated heterocycles. The Bertz CT molecular complexity index is 857. The van der Waals surface area contributed by atoms with Gasteiger partial charge in [0.25, 0.3) is 5.91 Å². The van der Waals surface area contributed by atoms with Crippen molar-refractivity contribution in [1.82, 2.24) is 14.5 Å². The largest absolute Gasteiger partial charge is 0.333 e. The Kier molecular flexibility index (Phi) is 7.51. The Labute approximate surface area is 178 Å². The summed E-state index contributed by atoms with van der Waals surface area (Å²) in [4.78, 5) is 17.0. The molecule has 4 atom stereocenters. The second kappa shape index (κ2) is 9.91. The van der Waals surface area contributed by atoms with Crippen molar-refractivity contribution in [3.05, 3.63) is 59.2 Å². The number of amides is 1. The van der Waals surface area contributed by atoms with Crippen LogP contribution in [-0.2, 0) is 16.1 Å². The third kappa shape index (κ3) is 5.40. The first-order chi connectivity index (χ1) is 14.3. The van der Waals surface area contributed by atoms with Gasteiger partial charge in [-0.2, -0.15) is 0 Å². The van der Waals surface area contributed by atoms with Crippen molar-refractivity contribution < 1.29 is 22.3 Å². The number of carbonyl (C=O) groups is 1. The van der Waals surface area contributed by atoms with E-state index in [1.54, 1.807) is 18.2 Å². The van der Waals surface area contributed by atoms with Crippen molar-refractivity contribution in [2.75, 3.05) is 19.6 Å². The van der Waals surface area contributed by atoms with E-state index in [0.717, 1.165) is 12.5 Å². The van der Waals surface area contributed by atoms with E-state index in [1.165, 1.54) is 12.1 Å². The lowest BCUT2D eigenvalue weighted by Gasteiger charge is -2.44. The van der Waals surface area contributed by atoms with Crippen LogP contribution in [0.1, 0.15) is 38.3 Å². The molecule has 2 N–H and O–H groups in total. The molecule has 1 fully saturated rings. The highest BCUT2D eigenvalue weighted by molar-refractivity contribution is 7.77. The fourth-order valence-corrected chi connectivity index (χ4v) is 4.47. The molecule has 1 amide bonds. The summed E-state index contributed by atoms with van der Waals surface area (Å²) < 4.78 is 49.5. The average molecular weight is 440 g/mol. The zero-order valence-electron chi connectivity index (χ0n) is 17.1. The third-order valence-corrected chi connectivity index (χ3v) is 6.26. The van der Waals surface area contributed by atoms with Gasteiger partial charge in [-0.3, -0.25) is 14.2 Å². The van der Waals surface area contributed by atoms with Crippen LogP contribution < -0.4 is 4.72 Å². The Hall–Kier alpha value is -1.94. The number of rotatable bonds is 6. The molecule has 3 rings (SSSR count). The second-order valence-corrected chi connectivity index (χ2v) is 8.40. The van der Waals surface area contributed by atoms with E-state index in [4.69, 9.17) is 4.55 Å². The van der Waals surface area contributed by atoms with Crippen LogP contribution in [-0.4, -0.2) is 56.2 Å². The fraction of sp³-hybridized carbons (Fsp3) is 0.476. The number of carbonyl (C=O) groups excluding carboxylic acids is 1. The van der Waals surface area contributed by atoms with Gasteiger partial charge in [-0.15, -0.1) is 0 Å². The van der Waals surface area contributed by atoms with E-state index in [-0.39, 0.29) is 24.0 Å². The van der Waals surface area contributed by atoms with Crippen molar-refractivity contribution in [2.45, 2.75) is 44.8 Å². The van der Waals surface area contributed by atoms with E-state index in [1.807, 2.05) is 18.7 Å². The Morgan fingerprint density at radius 3 is 2.57 bits per heavy atom. The number of nitrogens with one attached hydrogen (secondary N) is 1. The molecule has 0 spiro atoms. The highest BCUT2D eigenvalue weighted by Crippen LogP contribution is 2.27. The minimum absolute atomic E-state index is 0.0119. The normalized spacial score (nSPS) is 24.4. The fourth-order valence-electron chi connectivity index (χ4n) is 4.04. The molecule has 30 heavy (non-hydrogen) atoms. The number of hydrogen-bond acceptors (Lipinski definition) is 3. The van der Waals surface area contributed by atoms with Gasteiger partial charge >= 0.3 is 0 Å². The first-order valence-corrected chi connectivity index (χ1v) is 11.2. The molecule has 1 aliphatic carbocycles. The molecule has 0 aromatic heterocycles. The van der Waals surface area contributed by atoms with Crippen LogP contribution in [0.5, 0.6) is 0 Å². The highest BCUT2D eigenvalue weighted by atomic mass is 32.2. The Morgan fingerprint density at radius 2 is 2.00 bits per heavy atom. The van der Waals surface area contributed by atoms with Crippen LogP contribution in [0.15, 0.2) is 42.0 Å². The quantitative estimate of drug-likeness (QED) is 0.669. The minimum Gasteiger partial charge on any atom is -0.333 e. The molecule has 0 radical (unpaired) electrons. The maximum Gasteiger partial charge on any atom is 0.253 e. The summed E-state index contributed by atoms with van der Waals surface area (Å²) in [6.45, 7) is 5.68. The van der Waals surface area contributed by atoms with Crippen LogP contribution in [0.4, 0.5) is 8.78 Å². The number of piperazine rings is 1. The lowest BCUT2D eigenvalue weighted by atomic mass is 9.99. The molecule has 3 unspecified atom stereocenters. The summed E-state index contributed by atoms with van der Waals surface area (Å²) in [5.41, 5.74) is 1.16. The van der Waals surface area contributed by atoms with Crippen molar-refractivity contribution in [3.63, 3.8) is 0 Å². The zero-order chi connectivity index (χ0) is 21.8. The maximum absolute atomic E-state index is 13.6. The van der Waals surface area contributed by atoms with E-state index < -0.39 is 22.9 Å². The zero-order valence-corrected chi connectivity index (χ0v) is 17.9. The standard InChI is InChI=1S/C21H27F2N3O3S/c1-3-20-13-25(14(2)16-10-17(22)12-18(23)11-16)8-9-26(20)21(27)15-4-6-19(7-5-15)24-30(28)29/h4-6,10-12,14,19-20,24H,3,7-9,13H2,1-2H3,(H,28,29)/t14?,19?,20-/m0/s1. The molecule has 2 aliphatic rings. The van der Waals surface area contributed by atoms with Gasteiger partial charge in [0.2, 0.25) is 11.3 Å². The number of hydrogen-bond donors (Lipinski definition) is 2. The number of nitrogens with zero attached hydrogens (tertiary/aromatic N) is 2. The molecule has 0 saturated carbocycles. The van der Waals surface area contributed by atoms with Crippen LogP contribution in [0, 0.1) is 11.6 Å². The van der Waals surface area contributed by atoms with E-state index in [0.29, 0.717) is 37.2 Å². The van der Waals surface area contributed by atoms with Crippen LogP contribution in [0.2, 0.25) is 0 Å². The lowest BCUT2D eigenvalue weighted by Crippen LogP contribution is -2.55. The van der Waals surface area contributed by atoms with Gasteiger partial charge in [-0.05, 0) is 37.5 Å². The summed E-state index contributed by atoms with van der Waals surface area (Å²) in [6, 6.07) is 3.12. The third-order valence-electron chi connectivity index (χ3n) is 5.76. The summed E-state index contributed by atoms with van der Waals surface area (Å²) in [5, 5.41) is 0. The van der Waals surface area contributed by atoms with Gasteiger partial charge < -0.3 is 4.90 Å². The van der Waals surface area contributed by atoms with Crippen molar-refractivity contribution in [2.24, 2.45) is 0 Å². The Morgan fingerprint density at radius 1 is 1.30 bits per heavy atom. The molecule has 9 heteroatoms. The Balaban J connectivity index is 1.66. The molecule has 0 bridgehead atoms. The van der Waals surface area contributed by atoms with Gasteiger partial charge in [0.15, 0.2) is 0 Å². The molecular formula is C21H27F2N3O3S. The molecule has 1 aliphatic heterocycles. The van der Waals surface area contributed by atoms with E-state index in [9.17, 15) is 17.8 Å². The maximum atomic E-state index is 13.6. The number of halogens is 2. The predicted molar refractivity (Wildman–Crippen MR) is 112 cm³/mol. The van der Waals surface area contributed by atoms with Gasteiger partial charge in [0.1, 0.15) is 11.6 Å². The second-order valence-electron chi connectivity index (χ2n) is 7.66. The smallest absolute Gasteiger partial charge is 0.253 e. The average Bonchev–Trinajstić information content (AvgIpc) is 2.71. The summed E-state index contributed by atoms with van der Waals surface area (Å²) >= 11 is -2.10. The lowest BCUT2D eigenvalue weighted by molar-refractivity contribution is -0.132. The molecule has 1 aromatic carbocycles. The molecular weight excluding hydrogens is 412 g/mol. The van der Waals surface area contributed by atoms with Gasteiger partial charge in [0.05, 0.1) is 0 Å². The number of benzene rings is 1. The van der Waals surface area contributed by atoms with Crippen molar-refractivity contribution in [1.29, 1.82) is 0 Å². The molecule has 6 nitrogen and oxygen atoms in total. The molecule has 1 aromatic rings. The summed E-state index contributed by atoms with van der Waals surface area (Å²) in [5.74, 6) is -1.25. The summed E-state index contributed by atoms with van der Waals surface area (Å²) in [6.07, 6.45) is 6.41. The van der Waals surface area contributed by atoms with E-state index >= 15 is 0 Å². The van der Waals surface area contributed by atoms with Gasteiger partial charge in [0, 0.05) is 49.4 Å². The van der Waals surface area contributed by atoms with Crippen LogP contribution in [0.25, 0.3) is 0 Å². The molecule has 1 heterocycles. The first kappa shape index (κ1) is 22.7. The van der Waals surface area contributed by atoms with E-state index in [2.05, 4.69) is 9.62 Å². The highest BCUT2D eigenvalue weighted by Gasteiger charge is 2.33. The van der Waals surface area contributed by atoms with Gasteiger partial charge in [-0.25, -0.2) is 17.7 Å². The van der Waals surface area contributed by atoms with Gasteiger partial charge in [-0.1, -0.05) is 25.2 Å².